The number of rotatable bonds is 4. The van der Waals surface area contributed by atoms with Gasteiger partial charge >= 0.3 is 0 Å². The predicted octanol–water partition coefficient (Wildman–Crippen LogP) is 2.44. The van der Waals surface area contributed by atoms with Crippen LogP contribution >= 0.6 is 0 Å². The van der Waals surface area contributed by atoms with Crippen LogP contribution in [0, 0.1) is 11.6 Å². The number of hydrogen-bond donors (Lipinski definition) is 1. The zero-order valence-electron chi connectivity index (χ0n) is 9.81. The van der Waals surface area contributed by atoms with Crippen LogP contribution in [0.25, 0.3) is 0 Å². The standard InChI is InChI=1S/C13H11F2NO2S/c14-11-7-6-10(13(15)8-11)9-16-19(17,18)12-4-2-1-3-5-12/h1-8,16H,9H2. The molecule has 0 unspecified atom stereocenters. The molecule has 3 nitrogen and oxygen atoms in total. The molecule has 2 aromatic carbocycles. The highest BCUT2D eigenvalue weighted by atomic mass is 32.2. The summed E-state index contributed by atoms with van der Waals surface area (Å²) in [5.74, 6) is -1.48. The summed E-state index contributed by atoms with van der Waals surface area (Å²) in [6, 6.07) is 10.7. The topological polar surface area (TPSA) is 46.2 Å². The van der Waals surface area contributed by atoms with Crippen LogP contribution in [0.3, 0.4) is 0 Å². The Balaban J connectivity index is 2.14. The first-order valence-corrected chi connectivity index (χ1v) is 6.96. The molecule has 0 bridgehead atoms. The Labute approximate surface area is 109 Å². The SMILES string of the molecule is O=S(=O)(NCc1ccc(F)cc1F)c1ccccc1. The summed E-state index contributed by atoms with van der Waals surface area (Å²) in [6.07, 6.45) is 0. The van der Waals surface area contributed by atoms with Crippen molar-refractivity contribution in [2.24, 2.45) is 0 Å². The van der Waals surface area contributed by atoms with Gasteiger partial charge in [0.1, 0.15) is 11.6 Å². The Morgan fingerprint density at radius 2 is 1.68 bits per heavy atom. The zero-order chi connectivity index (χ0) is 13.9. The predicted molar refractivity (Wildman–Crippen MR) is 66.8 cm³/mol. The van der Waals surface area contributed by atoms with Gasteiger partial charge in [0.05, 0.1) is 4.90 Å². The minimum atomic E-state index is -3.70. The summed E-state index contributed by atoms with van der Waals surface area (Å²) < 4.78 is 52.1. The molecular formula is C13H11F2NO2S. The van der Waals surface area contributed by atoms with E-state index in [1.54, 1.807) is 18.2 Å². The molecular weight excluding hydrogens is 272 g/mol. The molecule has 0 fully saturated rings. The maximum atomic E-state index is 13.4. The second-order valence-corrected chi connectivity index (χ2v) is 5.64. The maximum absolute atomic E-state index is 13.4. The molecule has 0 aromatic heterocycles. The third kappa shape index (κ3) is 3.36. The number of benzene rings is 2. The van der Waals surface area contributed by atoms with E-state index in [0.717, 1.165) is 6.07 Å². The first-order valence-electron chi connectivity index (χ1n) is 5.48. The third-order valence-corrected chi connectivity index (χ3v) is 3.94. The van der Waals surface area contributed by atoms with Crippen LogP contribution < -0.4 is 4.72 Å². The van der Waals surface area contributed by atoms with E-state index in [0.29, 0.717) is 6.07 Å². The molecule has 0 heterocycles. The average molecular weight is 283 g/mol. The summed E-state index contributed by atoms with van der Waals surface area (Å²) >= 11 is 0. The molecule has 0 saturated heterocycles. The van der Waals surface area contributed by atoms with Crippen LogP contribution in [0.2, 0.25) is 0 Å². The molecule has 100 valence electrons. The first kappa shape index (κ1) is 13.6. The lowest BCUT2D eigenvalue weighted by Crippen LogP contribution is -2.23. The lowest BCUT2D eigenvalue weighted by atomic mass is 10.2. The number of halogens is 2. The Bertz CT molecular complexity index is 672. The Kier molecular flexibility index (Phi) is 3.92. The quantitative estimate of drug-likeness (QED) is 0.936. The minimum absolute atomic E-state index is 0.0842. The van der Waals surface area contributed by atoms with Crippen molar-refractivity contribution in [2.75, 3.05) is 0 Å². The number of hydrogen-bond acceptors (Lipinski definition) is 2. The summed E-state index contributed by atoms with van der Waals surface area (Å²) in [4.78, 5) is 0.0949. The van der Waals surface area contributed by atoms with E-state index < -0.39 is 21.7 Å². The van der Waals surface area contributed by atoms with Gasteiger partial charge in [-0.25, -0.2) is 21.9 Å². The zero-order valence-corrected chi connectivity index (χ0v) is 10.6. The van der Waals surface area contributed by atoms with Gasteiger partial charge in [-0.15, -0.1) is 0 Å². The molecule has 0 aliphatic heterocycles. The highest BCUT2D eigenvalue weighted by molar-refractivity contribution is 7.89. The normalized spacial score (nSPS) is 11.5. The van der Waals surface area contributed by atoms with Crippen molar-refractivity contribution in [3.63, 3.8) is 0 Å². The highest BCUT2D eigenvalue weighted by Crippen LogP contribution is 2.12. The average Bonchev–Trinajstić information content (AvgIpc) is 2.39. The van der Waals surface area contributed by atoms with Gasteiger partial charge in [0.25, 0.3) is 0 Å². The van der Waals surface area contributed by atoms with Crippen LogP contribution in [0.15, 0.2) is 53.4 Å². The smallest absolute Gasteiger partial charge is 0.207 e. The van der Waals surface area contributed by atoms with Crippen molar-refractivity contribution in [1.29, 1.82) is 0 Å². The molecule has 2 aromatic rings. The largest absolute Gasteiger partial charge is 0.240 e. The fourth-order valence-electron chi connectivity index (χ4n) is 1.52. The summed E-state index contributed by atoms with van der Waals surface area (Å²) in [5.41, 5.74) is 0.0842. The molecule has 0 aliphatic carbocycles. The van der Waals surface area contributed by atoms with Crippen LogP contribution in [-0.2, 0) is 16.6 Å². The van der Waals surface area contributed by atoms with Crippen LogP contribution in [0.1, 0.15) is 5.56 Å². The van der Waals surface area contributed by atoms with Crippen molar-refractivity contribution >= 4 is 10.0 Å². The van der Waals surface area contributed by atoms with Gasteiger partial charge in [-0.05, 0) is 18.2 Å². The molecule has 0 aliphatic rings. The van der Waals surface area contributed by atoms with Gasteiger partial charge in [0.15, 0.2) is 0 Å². The molecule has 0 spiro atoms. The van der Waals surface area contributed by atoms with E-state index >= 15 is 0 Å². The number of nitrogens with one attached hydrogen (secondary N) is 1. The van der Waals surface area contributed by atoms with Gasteiger partial charge in [-0.2, -0.15) is 0 Å². The van der Waals surface area contributed by atoms with Crippen molar-refractivity contribution in [2.45, 2.75) is 11.4 Å². The second-order valence-electron chi connectivity index (χ2n) is 3.87. The van der Waals surface area contributed by atoms with Crippen molar-refractivity contribution < 1.29 is 17.2 Å². The first-order chi connectivity index (χ1) is 8.99. The van der Waals surface area contributed by atoms with Crippen molar-refractivity contribution in [3.05, 3.63) is 65.7 Å². The summed E-state index contributed by atoms with van der Waals surface area (Å²) in [6.45, 7) is -0.233. The van der Waals surface area contributed by atoms with Crippen LogP contribution in [0.4, 0.5) is 8.78 Å². The second kappa shape index (κ2) is 5.46. The van der Waals surface area contributed by atoms with Crippen molar-refractivity contribution in [1.82, 2.24) is 4.72 Å². The molecule has 0 radical (unpaired) electrons. The van der Waals surface area contributed by atoms with Crippen LogP contribution in [0.5, 0.6) is 0 Å². The molecule has 19 heavy (non-hydrogen) atoms. The molecule has 2 rings (SSSR count). The lowest BCUT2D eigenvalue weighted by Gasteiger charge is -2.07. The fourth-order valence-corrected chi connectivity index (χ4v) is 2.55. The van der Waals surface area contributed by atoms with Gasteiger partial charge in [-0.1, -0.05) is 24.3 Å². The van der Waals surface area contributed by atoms with E-state index in [2.05, 4.69) is 4.72 Å². The van der Waals surface area contributed by atoms with E-state index in [1.165, 1.54) is 18.2 Å². The lowest BCUT2D eigenvalue weighted by molar-refractivity contribution is 0.562. The van der Waals surface area contributed by atoms with Crippen LogP contribution in [-0.4, -0.2) is 8.42 Å². The van der Waals surface area contributed by atoms with E-state index in [4.69, 9.17) is 0 Å². The Morgan fingerprint density at radius 3 is 2.32 bits per heavy atom. The third-order valence-electron chi connectivity index (χ3n) is 2.52. The molecule has 1 N–H and O–H groups in total. The van der Waals surface area contributed by atoms with E-state index in [1.807, 2.05) is 0 Å². The van der Waals surface area contributed by atoms with Crippen molar-refractivity contribution in [3.8, 4) is 0 Å². The molecule has 0 amide bonds. The van der Waals surface area contributed by atoms with Gasteiger partial charge in [-0.3, -0.25) is 0 Å². The molecule has 6 heteroatoms. The Morgan fingerprint density at radius 1 is 1.00 bits per heavy atom. The summed E-state index contributed by atoms with van der Waals surface area (Å²) in [5, 5.41) is 0. The summed E-state index contributed by atoms with van der Waals surface area (Å²) in [7, 11) is -3.70. The molecule has 0 atom stereocenters. The maximum Gasteiger partial charge on any atom is 0.240 e. The molecule has 0 saturated carbocycles. The monoisotopic (exact) mass is 283 g/mol. The number of sulfonamides is 1. The highest BCUT2D eigenvalue weighted by Gasteiger charge is 2.14. The minimum Gasteiger partial charge on any atom is -0.207 e. The van der Waals surface area contributed by atoms with E-state index in [9.17, 15) is 17.2 Å². The van der Waals surface area contributed by atoms with Gasteiger partial charge < -0.3 is 0 Å². The van der Waals surface area contributed by atoms with Gasteiger partial charge in [0.2, 0.25) is 10.0 Å². The van der Waals surface area contributed by atoms with E-state index in [-0.39, 0.29) is 17.0 Å². The fraction of sp³-hybridized carbons (Fsp3) is 0.0769. The Hall–Kier alpha value is -1.79. The van der Waals surface area contributed by atoms with Gasteiger partial charge in [0, 0.05) is 18.2 Å².